The largest absolute Gasteiger partial charge is 0.493 e. The van der Waals surface area contributed by atoms with Gasteiger partial charge in [0.15, 0.2) is 11.5 Å². The van der Waals surface area contributed by atoms with Crippen LogP contribution in [0.5, 0.6) is 11.5 Å². The highest BCUT2D eigenvalue weighted by molar-refractivity contribution is 5.77. The number of aromatic nitrogens is 2. The van der Waals surface area contributed by atoms with E-state index < -0.39 is 0 Å². The maximum Gasteiger partial charge on any atom is 0.350 e. The molecular weight excluding hydrogens is 470 g/mol. The van der Waals surface area contributed by atoms with Crippen LogP contribution in [0.25, 0.3) is 11.3 Å². The van der Waals surface area contributed by atoms with E-state index >= 15 is 0 Å². The lowest BCUT2D eigenvalue weighted by atomic mass is 9.96. The zero-order valence-corrected chi connectivity index (χ0v) is 22.1. The lowest BCUT2D eigenvalue weighted by Crippen LogP contribution is -2.37. The molecule has 2 aromatic carbocycles. The molecule has 5 rings (SSSR count). The Morgan fingerprint density at radius 1 is 0.973 bits per heavy atom. The number of anilines is 2. The number of amides is 2. The minimum absolute atomic E-state index is 0.0641. The van der Waals surface area contributed by atoms with E-state index in [1.807, 2.05) is 18.2 Å². The minimum Gasteiger partial charge on any atom is -0.493 e. The van der Waals surface area contributed by atoms with Crippen LogP contribution in [0.3, 0.4) is 0 Å². The van der Waals surface area contributed by atoms with E-state index in [0.29, 0.717) is 56.5 Å². The third kappa shape index (κ3) is 4.50. The summed E-state index contributed by atoms with van der Waals surface area (Å²) >= 11 is 0. The number of hydrogen-bond acceptors (Lipinski definition) is 6. The number of nitrogens with one attached hydrogen (secondary N) is 1. The van der Waals surface area contributed by atoms with E-state index in [1.165, 1.54) is 5.56 Å². The van der Waals surface area contributed by atoms with Crippen molar-refractivity contribution >= 4 is 17.5 Å². The smallest absolute Gasteiger partial charge is 0.350 e. The predicted octanol–water partition coefficient (Wildman–Crippen LogP) is 3.57. The van der Waals surface area contributed by atoms with Gasteiger partial charge in [-0.3, -0.25) is 4.57 Å². The molecule has 3 aromatic rings. The van der Waals surface area contributed by atoms with Crippen LogP contribution in [0, 0.1) is 20.8 Å². The molecule has 0 aliphatic carbocycles. The molecule has 0 unspecified atom stereocenters. The molecule has 1 aromatic heterocycles. The minimum atomic E-state index is -0.292. The van der Waals surface area contributed by atoms with Crippen LogP contribution in [-0.2, 0) is 13.0 Å². The average molecular weight is 504 g/mol. The molecule has 2 aliphatic heterocycles. The molecule has 0 spiro atoms. The maximum atomic E-state index is 13.3. The van der Waals surface area contributed by atoms with Gasteiger partial charge in [-0.05, 0) is 56.0 Å². The van der Waals surface area contributed by atoms with Crippen LogP contribution in [0.1, 0.15) is 22.3 Å². The van der Waals surface area contributed by atoms with Gasteiger partial charge in [0.25, 0.3) is 0 Å². The molecule has 194 valence electrons. The molecule has 1 N–H and O–H groups in total. The first-order chi connectivity index (χ1) is 17.8. The first-order valence-corrected chi connectivity index (χ1v) is 12.6. The molecular formula is C28H33N5O4. The SMILES string of the molecule is COc1cc2c(cc1OC)-c1cc(N(CCN3CCNC3=O)c3c(C)cc(C)cc3C)nc(=O)n1CC2. The standard InChI is InChI=1S/C28H33N5O4/c1-17-12-18(2)26(19(3)13-17)33(11-10-31-9-7-29-27(31)34)25-16-22-21-15-24(37-5)23(36-4)14-20(21)6-8-32(22)28(35)30-25/h12-16H,6-11H2,1-5H3,(H,29,34). The lowest BCUT2D eigenvalue weighted by molar-refractivity contribution is 0.218. The van der Waals surface area contributed by atoms with Crippen LogP contribution in [0.15, 0.2) is 35.1 Å². The number of ether oxygens (including phenoxy) is 2. The zero-order valence-electron chi connectivity index (χ0n) is 22.1. The number of carbonyl (C=O) groups excluding carboxylic acids is 1. The Balaban J connectivity index is 1.64. The van der Waals surface area contributed by atoms with E-state index in [1.54, 1.807) is 23.7 Å². The Hall–Kier alpha value is -4.01. The summed E-state index contributed by atoms with van der Waals surface area (Å²) in [5, 5.41) is 2.86. The number of rotatable bonds is 7. The fraction of sp³-hybridized carbons (Fsp3) is 0.393. The summed E-state index contributed by atoms with van der Waals surface area (Å²) in [6.07, 6.45) is 0.702. The number of nitrogens with zero attached hydrogens (tertiary/aromatic N) is 4. The number of benzene rings is 2. The first-order valence-electron chi connectivity index (χ1n) is 12.6. The van der Waals surface area contributed by atoms with E-state index in [9.17, 15) is 9.59 Å². The third-order valence-electron chi connectivity index (χ3n) is 7.21. The molecule has 1 saturated heterocycles. The van der Waals surface area contributed by atoms with E-state index in [-0.39, 0.29) is 11.7 Å². The molecule has 0 atom stereocenters. The van der Waals surface area contributed by atoms with Crippen LogP contribution in [0.2, 0.25) is 0 Å². The van der Waals surface area contributed by atoms with Gasteiger partial charge in [-0.25, -0.2) is 9.59 Å². The van der Waals surface area contributed by atoms with Crippen LogP contribution in [0.4, 0.5) is 16.3 Å². The van der Waals surface area contributed by atoms with Crippen molar-refractivity contribution in [2.24, 2.45) is 0 Å². The summed E-state index contributed by atoms with van der Waals surface area (Å²) in [6, 6.07) is 10.1. The van der Waals surface area contributed by atoms with Crippen molar-refractivity contribution in [2.75, 3.05) is 45.3 Å². The molecule has 2 aliphatic rings. The summed E-state index contributed by atoms with van der Waals surface area (Å²) in [6.45, 7) is 9.08. The van der Waals surface area contributed by atoms with Gasteiger partial charge < -0.3 is 24.6 Å². The second-order valence-electron chi connectivity index (χ2n) is 9.67. The van der Waals surface area contributed by atoms with Crippen molar-refractivity contribution in [2.45, 2.75) is 33.7 Å². The fourth-order valence-electron chi connectivity index (χ4n) is 5.55. The van der Waals surface area contributed by atoms with Gasteiger partial charge in [-0.15, -0.1) is 0 Å². The number of urea groups is 1. The van der Waals surface area contributed by atoms with Crippen LogP contribution < -0.4 is 25.4 Å². The Morgan fingerprint density at radius 3 is 2.32 bits per heavy atom. The summed E-state index contributed by atoms with van der Waals surface area (Å²) in [4.78, 5) is 34.0. The quantitative estimate of drug-likeness (QED) is 0.530. The fourth-order valence-corrected chi connectivity index (χ4v) is 5.55. The zero-order chi connectivity index (χ0) is 26.3. The molecule has 1 fully saturated rings. The summed E-state index contributed by atoms with van der Waals surface area (Å²) < 4.78 is 12.8. The lowest BCUT2D eigenvalue weighted by Gasteiger charge is -2.31. The Labute approximate surface area is 216 Å². The topological polar surface area (TPSA) is 88.9 Å². The van der Waals surface area contributed by atoms with Crippen molar-refractivity contribution in [1.82, 2.24) is 19.8 Å². The van der Waals surface area contributed by atoms with Crippen molar-refractivity contribution < 1.29 is 14.3 Å². The number of methoxy groups -OCH3 is 2. The second kappa shape index (κ2) is 9.80. The molecule has 2 amide bonds. The molecule has 0 bridgehead atoms. The summed E-state index contributed by atoms with van der Waals surface area (Å²) in [7, 11) is 3.23. The first kappa shape index (κ1) is 24.7. The Morgan fingerprint density at radius 2 is 1.68 bits per heavy atom. The highest BCUT2D eigenvalue weighted by atomic mass is 16.5. The van der Waals surface area contributed by atoms with Crippen LogP contribution >= 0.6 is 0 Å². The van der Waals surface area contributed by atoms with Gasteiger partial charge in [0, 0.05) is 50.0 Å². The van der Waals surface area contributed by atoms with Crippen LogP contribution in [-0.4, -0.2) is 60.9 Å². The average Bonchev–Trinajstić information content (AvgIpc) is 3.28. The van der Waals surface area contributed by atoms with Gasteiger partial charge in [-0.2, -0.15) is 4.98 Å². The third-order valence-corrected chi connectivity index (χ3v) is 7.21. The van der Waals surface area contributed by atoms with Gasteiger partial charge in [0.2, 0.25) is 0 Å². The summed E-state index contributed by atoms with van der Waals surface area (Å²) in [5.41, 5.74) is 6.89. The number of hydrogen-bond donors (Lipinski definition) is 1. The van der Waals surface area contributed by atoms with E-state index in [0.717, 1.165) is 33.6 Å². The summed E-state index contributed by atoms with van der Waals surface area (Å²) in [5.74, 6) is 1.85. The van der Waals surface area contributed by atoms with Crippen molar-refractivity contribution in [3.8, 4) is 22.8 Å². The Bertz CT molecular complexity index is 1410. The number of aryl methyl sites for hydroxylation is 4. The van der Waals surface area contributed by atoms with Crippen molar-refractivity contribution in [1.29, 1.82) is 0 Å². The van der Waals surface area contributed by atoms with E-state index in [2.05, 4.69) is 48.1 Å². The molecule has 37 heavy (non-hydrogen) atoms. The predicted molar refractivity (Wildman–Crippen MR) is 143 cm³/mol. The van der Waals surface area contributed by atoms with Gasteiger partial charge in [0.1, 0.15) is 5.82 Å². The highest BCUT2D eigenvalue weighted by Crippen LogP contribution is 2.39. The van der Waals surface area contributed by atoms with Gasteiger partial charge in [0.05, 0.1) is 19.9 Å². The van der Waals surface area contributed by atoms with Gasteiger partial charge >= 0.3 is 11.7 Å². The number of fused-ring (bicyclic) bond motifs is 3. The molecule has 3 heterocycles. The molecule has 0 radical (unpaired) electrons. The Kier molecular flexibility index (Phi) is 6.54. The highest BCUT2D eigenvalue weighted by Gasteiger charge is 2.26. The van der Waals surface area contributed by atoms with Crippen molar-refractivity contribution in [3.05, 3.63) is 63.1 Å². The normalized spacial score (nSPS) is 14.2. The molecule has 9 nitrogen and oxygen atoms in total. The second-order valence-corrected chi connectivity index (χ2v) is 9.67. The van der Waals surface area contributed by atoms with E-state index in [4.69, 9.17) is 9.47 Å². The van der Waals surface area contributed by atoms with Gasteiger partial charge in [-0.1, -0.05) is 17.7 Å². The number of carbonyl (C=O) groups is 1. The maximum absolute atomic E-state index is 13.3. The van der Waals surface area contributed by atoms with Crippen molar-refractivity contribution in [3.63, 3.8) is 0 Å². The monoisotopic (exact) mass is 503 g/mol. The molecule has 0 saturated carbocycles. The molecule has 9 heteroatoms.